The molecule has 1 atom stereocenters. The van der Waals surface area contributed by atoms with Crippen LogP contribution >= 0.6 is 11.6 Å². The first kappa shape index (κ1) is 25.5. The van der Waals surface area contributed by atoms with Gasteiger partial charge in [0.25, 0.3) is 17.8 Å². The smallest absolute Gasteiger partial charge is 0.354 e. The van der Waals surface area contributed by atoms with Crippen LogP contribution in [0.3, 0.4) is 0 Å². The number of carbonyl (C=O) groups excluding carboxylic acids is 2. The van der Waals surface area contributed by atoms with Gasteiger partial charge in [0.15, 0.2) is 0 Å². The van der Waals surface area contributed by atoms with Crippen molar-refractivity contribution in [2.24, 2.45) is 0 Å². The van der Waals surface area contributed by atoms with E-state index in [0.717, 1.165) is 12.3 Å². The standard InChI is InChI=1S/C26H20ClFN4O5/c1-3-37-26(35)21-9-15-8-17(6-7-20(15)31-21)30-25(34)24(28)32-13-22(36-2)19(11-23(32)33)18-10-16(27)5-4-14(18)12-29/h4-11,13,24,31H,3H2,1-2H3,(H,30,34). The fraction of sp³-hybridized carbons (Fsp3) is 0.154. The van der Waals surface area contributed by atoms with Crippen molar-refractivity contribution in [1.82, 2.24) is 9.55 Å². The molecule has 9 nitrogen and oxygen atoms in total. The molecule has 1 unspecified atom stereocenters. The van der Waals surface area contributed by atoms with E-state index in [1.165, 1.54) is 31.4 Å². The van der Waals surface area contributed by atoms with Gasteiger partial charge in [0.1, 0.15) is 11.4 Å². The number of hydrogen-bond donors (Lipinski definition) is 2. The Morgan fingerprint density at radius 1 is 1.19 bits per heavy atom. The predicted molar refractivity (Wildman–Crippen MR) is 135 cm³/mol. The number of hydrogen-bond acceptors (Lipinski definition) is 6. The van der Waals surface area contributed by atoms with Gasteiger partial charge in [-0.2, -0.15) is 5.26 Å². The number of fused-ring (bicyclic) bond motifs is 1. The van der Waals surface area contributed by atoms with Crippen molar-refractivity contribution >= 4 is 40.1 Å². The lowest BCUT2D eigenvalue weighted by Crippen LogP contribution is -2.30. The van der Waals surface area contributed by atoms with Crippen LogP contribution in [0.15, 0.2) is 59.5 Å². The molecule has 0 aliphatic rings. The number of anilines is 1. The summed E-state index contributed by atoms with van der Waals surface area (Å²) in [5.41, 5.74) is 1.07. The van der Waals surface area contributed by atoms with Gasteiger partial charge >= 0.3 is 5.97 Å². The number of aromatic amines is 1. The molecule has 0 radical (unpaired) electrons. The molecule has 0 saturated carbocycles. The van der Waals surface area contributed by atoms with Crippen LogP contribution in [0.25, 0.3) is 22.0 Å². The molecule has 2 aromatic heterocycles. The molecular formula is C26H20ClFN4O5. The first-order chi connectivity index (χ1) is 17.7. The number of nitrogens with zero attached hydrogens (tertiary/aromatic N) is 2. The van der Waals surface area contributed by atoms with E-state index in [-0.39, 0.29) is 34.9 Å². The van der Waals surface area contributed by atoms with Gasteiger partial charge in [-0.05, 0) is 49.4 Å². The Balaban J connectivity index is 1.61. The molecule has 0 fully saturated rings. The number of ether oxygens (including phenoxy) is 2. The number of methoxy groups -OCH3 is 1. The van der Waals surface area contributed by atoms with Crippen LogP contribution in [-0.4, -0.2) is 35.1 Å². The van der Waals surface area contributed by atoms with E-state index in [1.807, 2.05) is 6.07 Å². The average molecular weight is 523 g/mol. The second kappa shape index (κ2) is 10.6. The molecule has 0 bridgehead atoms. The maximum Gasteiger partial charge on any atom is 0.354 e. The number of aromatic nitrogens is 2. The highest BCUT2D eigenvalue weighted by atomic mass is 35.5. The van der Waals surface area contributed by atoms with E-state index in [1.54, 1.807) is 25.1 Å². The molecule has 0 spiro atoms. The van der Waals surface area contributed by atoms with Gasteiger partial charge in [-0.1, -0.05) is 11.6 Å². The molecule has 2 heterocycles. The molecule has 4 rings (SSSR count). The van der Waals surface area contributed by atoms with Crippen LogP contribution in [0.4, 0.5) is 10.1 Å². The third-order valence-electron chi connectivity index (χ3n) is 5.50. The molecule has 11 heteroatoms. The molecule has 0 aliphatic carbocycles. The highest BCUT2D eigenvalue weighted by Crippen LogP contribution is 2.33. The minimum absolute atomic E-state index is 0.0639. The van der Waals surface area contributed by atoms with Gasteiger partial charge in [-0.25, -0.2) is 9.18 Å². The molecule has 2 N–H and O–H groups in total. The summed E-state index contributed by atoms with van der Waals surface area (Å²) in [4.78, 5) is 40.3. The van der Waals surface area contributed by atoms with Gasteiger partial charge in [0.05, 0.1) is 31.5 Å². The van der Waals surface area contributed by atoms with E-state index in [0.29, 0.717) is 26.1 Å². The Hall–Kier alpha value is -4.62. The van der Waals surface area contributed by atoms with E-state index >= 15 is 4.39 Å². The Morgan fingerprint density at radius 2 is 1.97 bits per heavy atom. The second-order valence-electron chi connectivity index (χ2n) is 7.83. The van der Waals surface area contributed by atoms with Crippen molar-refractivity contribution in [2.45, 2.75) is 13.2 Å². The van der Waals surface area contributed by atoms with Crippen LogP contribution in [0.2, 0.25) is 5.02 Å². The molecule has 37 heavy (non-hydrogen) atoms. The minimum Gasteiger partial charge on any atom is -0.495 e. The monoisotopic (exact) mass is 522 g/mol. The summed E-state index contributed by atoms with van der Waals surface area (Å²) < 4.78 is 26.1. The van der Waals surface area contributed by atoms with Crippen molar-refractivity contribution in [1.29, 1.82) is 5.26 Å². The number of nitriles is 1. The minimum atomic E-state index is -2.39. The number of amides is 1. The van der Waals surface area contributed by atoms with Crippen molar-refractivity contribution in [3.8, 4) is 22.9 Å². The SMILES string of the molecule is CCOC(=O)c1cc2cc(NC(=O)C(F)n3cc(OC)c(-c4cc(Cl)ccc4C#N)cc3=O)ccc2[nH]1. The third-order valence-corrected chi connectivity index (χ3v) is 5.74. The number of nitrogens with one attached hydrogen (secondary N) is 2. The lowest BCUT2D eigenvalue weighted by atomic mass is 10.0. The van der Waals surface area contributed by atoms with Crippen molar-refractivity contribution in [3.05, 3.63) is 81.4 Å². The van der Waals surface area contributed by atoms with Crippen LogP contribution in [0, 0.1) is 11.3 Å². The molecule has 0 aliphatic heterocycles. The largest absolute Gasteiger partial charge is 0.495 e. The highest BCUT2D eigenvalue weighted by Gasteiger charge is 2.24. The topological polar surface area (TPSA) is 126 Å². The lowest BCUT2D eigenvalue weighted by Gasteiger charge is -2.16. The van der Waals surface area contributed by atoms with Crippen molar-refractivity contribution < 1.29 is 23.5 Å². The maximum atomic E-state index is 15.2. The van der Waals surface area contributed by atoms with Gasteiger partial charge < -0.3 is 19.8 Å². The lowest BCUT2D eigenvalue weighted by molar-refractivity contribution is -0.123. The zero-order chi connectivity index (χ0) is 26.7. The van der Waals surface area contributed by atoms with Gasteiger partial charge in [0.2, 0.25) is 0 Å². The number of esters is 1. The van der Waals surface area contributed by atoms with Crippen LogP contribution in [-0.2, 0) is 9.53 Å². The summed E-state index contributed by atoms with van der Waals surface area (Å²) in [7, 11) is 1.31. The summed E-state index contributed by atoms with van der Waals surface area (Å²) in [6.45, 7) is 1.91. The first-order valence-corrected chi connectivity index (χ1v) is 11.4. The van der Waals surface area contributed by atoms with Crippen molar-refractivity contribution in [3.63, 3.8) is 0 Å². The maximum absolute atomic E-state index is 15.2. The molecule has 188 valence electrons. The van der Waals surface area contributed by atoms with Crippen LogP contribution < -0.4 is 15.6 Å². The van der Waals surface area contributed by atoms with Gasteiger partial charge in [-0.15, -0.1) is 0 Å². The summed E-state index contributed by atoms with van der Waals surface area (Å²) >= 11 is 6.06. The molecule has 1 amide bonds. The summed E-state index contributed by atoms with van der Waals surface area (Å²) in [5.74, 6) is -1.56. The van der Waals surface area contributed by atoms with Gasteiger partial charge in [0, 0.05) is 38.8 Å². The van der Waals surface area contributed by atoms with Crippen LogP contribution in [0.5, 0.6) is 5.75 Å². The highest BCUT2D eigenvalue weighted by molar-refractivity contribution is 6.31. The molecule has 0 saturated heterocycles. The average Bonchev–Trinajstić information content (AvgIpc) is 3.32. The first-order valence-electron chi connectivity index (χ1n) is 11.0. The van der Waals surface area contributed by atoms with E-state index in [4.69, 9.17) is 21.1 Å². The Labute approximate surface area is 215 Å². The zero-order valence-corrected chi connectivity index (χ0v) is 20.4. The van der Waals surface area contributed by atoms with E-state index in [9.17, 15) is 19.6 Å². The van der Waals surface area contributed by atoms with E-state index < -0.39 is 23.7 Å². The normalized spacial score (nSPS) is 11.5. The second-order valence-corrected chi connectivity index (χ2v) is 8.27. The zero-order valence-electron chi connectivity index (χ0n) is 19.7. The quantitative estimate of drug-likeness (QED) is 0.335. The number of alkyl halides is 1. The third kappa shape index (κ3) is 5.17. The van der Waals surface area contributed by atoms with E-state index in [2.05, 4.69) is 10.3 Å². The molecule has 4 aromatic rings. The number of pyridine rings is 1. The number of H-pyrrole nitrogens is 1. The number of halogens is 2. The molecular weight excluding hydrogens is 503 g/mol. The van der Waals surface area contributed by atoms with Crippen LogP contribution in [0.1, 0.15) is 29.3 Å². The fourth-order valence-corrected chi connectivity index (χ4v) is 3.95. The Kier molecular flexibility index (Phi) is 7.27. The molecule has 2 aromatic carbocycles. The summed E-state index contributed by atoms with van der Waals surface area (Å²) in [6.07, 6.45) is -1.33. The Bertz CT molecular complexity index is 1620. The fourth-order valence-electron chi connectivity index (χ4n) is 3.77. The Morgan fingerprint density at radius 3 is 2.68 bits per heavy atom. The van der Waals surface area contributed by atoms with Crippen molar-refractivity contribution in [2.75, 3.05) is 19.0 Å². The predicted octanol–water partition coefficient (Wildman–Crippen LogP) is 4.81. The summed E-state index contributed by atoms with van der Waals surface area (Å²) in [5, 5.41) is 12.8. The van der Waals surface area contributed by atoms with Gasteiger partial charge in [-0.3, -0.25) is 14.2 Å². The number of benzene rings is 2. The summed E-state index contributed by atoms with van der Waals surface area (Å²) in [6, 6.07) is 13.8. The number of carbonyl (C=O) groups is 2. The number of rotatable bonds is 7.